The van der Waals surface area contributed by atoms with Gasteiger partial charge in [-0.3, -0.25) is 9.36 Å². The molecule has 1 aromatic heterocycles. The van der Waals surface area contributed by atoms with Crippen LogP contribution in [0.1, 0.15) is 23.3 Å². The molecule has 3 rings (SSSR count). The summed E-state index contributed by atoms with van der Waals surface area (Å²) in [6.07, 6.45) is 4.64. The minimum absolute atomic E-state index is 0.0438. The van der Waals surface area contributed by atoms with Crippen molar-refractivity contribution in [3.8, 4) is 5.69 Å². The highest BCUT2D eigenvalue weighted by Gasteiger charge is 2.29. The first kappa shape index (κ1) is 13.8. The molecule has 0 radical (unpaired) electrons. The number of aromatic nitrogens is 2. The van der Waals surface area contributed by atoms with Crippen LogP contribution in [0.4, 0.5) is 0 Å². The molecule has 0 bridgehead atoms. The van der Waals surface area contributed by atoms with E-state index in [1.807, 2.05) is 30.3 Å². The van der Waals surface area contributed by atoms with Crippen molar-refractivity contribution in [3.63, 3.8) is 0 Å². The molecule has 1 saturated carbocycles. The standard InChI is InChI=1S/C16H19N3O2/c1-18(10-12-7-14(20)8-12)16(21)15-9-17-11-19(15)13-5-3-2-4-6-13/h2-6,9,11-12,14,20H,7-8,10H2,1H3. The van der Waals surface area contributed by atoms with Gasteiger partial charge < -0.3 is 10.0 Å². The average Bonchev–Trinajstić information content (AvgIpc) is 2.95. The molecule has 0 atom stereocenters. The molecule has 5 nitrogen and oxygen atoms in total. The van der Waals surface area contributed by atoms with E-state index in [0.29, 0.717) is 18.2 Å². The number of nitrogens with zero attached hydrogens (tertiary/aromatic N) is 3. The normalized spacial score (nSPS) is 20.9. The topological polar surface area (TPSA) is 58.4 Å². The molecule has 1 N–H and O–H groups in total. The summed E-state index contributed by atoms with van der Waals surface area (Å²) in [4.78, 5) is 18.4. The van der Waals surface area contributed by atoms with Gasteiger partial charge in [0.25, 0.3) is 5.91 Å². The van der Waals surface area contributed by atoms with Gasteiger partial charge in [0.15, 0.2) is 0 Å². The van der Waals surface area contributed by atoms with E-state index in [4.69, 9.17) is 0 Å². The number of carbonyl (C=O) groups excluding carboxylic acids is 1. The number of benzene rings is 1. The summed E-state index contributed by atoms with van der Waals surface area (Å²) in [5, 5.41) is 9.33. The predicted molar refractivity (Wildman–Crippen MR) is 79.3 cm³/mol. The van der Waals surface area contributed by atoms with E-state index in [1.165, 1.54) is 0 Å². The van der Waals surface area contributed by atoms with Gasteiger partial charge in [0.1, 0.15) is 5.69 Å². The second-order valence-corrected chi connectivity index (χ2v) is 5.66. The van der Waals surface area contributed by atoms with Crippen LogP contribution in [0.15, 0.2) is 42.9 Å². The number of carbonyl (C=O) groups is 1. The first-order valence-corrected chi connectivity index (χ1v) is 7.16. The lowest BCUT2D eigenvalue weighted by Gasteiger charge is -2.34. The van der Waals surface area contributed by atoms with E-state index in [2.05, 4.69) is 4.98 Å². The Labute approximate surface area is 123 Å². The molecule has 1 aliphatic rings. The molecule has 2 aromatic rings. The molecule has 1 aliphatic carbocycles. The van der Waals surface area contributed by atoms with Crippen LogP contribution in [0.5, 0.6) is 0 Å². The molecule has 21 heavy (non-hydrogen) atoms. The van der Waals surface area contributed by atoms with Crippen molar-refractivity contribution in [1.82, 2.24) is 14.5 Å². The molecule has 0 unspecified atom stereocenters. The Morgan fingerprint density at radius 3 is 2.76 bits per heavy atom. The van der Waals surface area contributed by atoms with Crippen molar-refractivity contribution in [2.24, 2.45) is 5.92 Å². The maximum Gasteiger partial charge on any atom is 0.272 e. The lowest BCUT2D eigenvalue weighted by molar-refractivity contribution is 0.0263. The molecule has 1 heterocycles. The van der Waals surface area contributed by atoms with E-state index >= 15 is 0 Å². The van der Waals surface area contributed by atoms with Crippen LogP contribution < -0.4 is 0 Å². The maximum atomic E-state index is 12.6. The summed E-state index contributed by atoms with van der Waals surface area (Å²) in [5.41, 5.74) is 1.48. The van der Waals surface area contributed by atoms with E-state index in [-0.39, 0.29) is 12.0 Å². The SMILES string of the molecule is CN(CC1CC(O)C1)C(=O)c1cncn1-c1ccccc1. The van der Waals surface area contributed by atoms with Gasteiger partial charge in [-0.2, -0.15) is 0 Å². The Morgan fingerprint density at radius 1 is 1.38 bits per heavy atom. The van der Waals surface area contributed by atoms with Crippen molar-refractivity contribution in [1.29, 1.82) is 0 Å². The number of hydrogen-bond donors (Lipinski definition) is 1. The number of para-hydroxylation sites is 1. The predicted octanol–water partition coefficient (Wildman–Crippen LogP) is 1.72. The highest BCUT2D eigenvalue weighted by molar-refractivity contribution is 5.92. The minimum atomic E-state index is -0.187. The van der Waals surface area contributed by atoms with Gasteiger partial charge in [0, 0.05) is 19.3 Å². The fourth-order valence-corrected chi connectivity index (χ4v) is 2.76. The fraction of sp³-hybridized carbons (Fsp3) is 0.375. The van der Waals surface area contributed by atoms with E-state index < -0.39 is 0 Å². The lowest BCUT2D eigenvalue weighted by Crippen LogP contribution is -2.40. The van der Waals surface area contributed by atoms with Gasteiger partial charge in [0.05, 0.1) is 18.6 Å². The quantitative estimate of drug-likeness (QED) is 0.930. The van der Waals surface area contributed by atoms with Crippen molar-refractivity contribution in [2.45, 2.75) is 18.9 Å². The number of rotatable bonds is 4. The smallest absolute Gasteiger partial charge is 0.272 e. The minimum Gasteiger partial charge on any atom is -0.393 e. The van der Waals surface area contributed by atoms with Crippen LogP contribution in [0, 0.1) is 5.92 Å². The van der Waals surface area contributed by atoms with Crippen molar-refractivity contribution in [3.05, 3.63) is 48.5 Å². The zero-order valence-corrected chi connectivity index (χ0v) is 12.0. The van der Waals surface area contributed by atoms with Crippen LogP contribution in [-0.4, -0.2) is 45.2 Å². The molecule has 1 amide bonds. The second kappa shape index (κ2) is 5.69. The molecule has 0 saturated heterocycles. The molecular formula is C16H19N3O2. The molecule has 0 spiro atoms. The highest BCUT2D eigenvalue weighted by Crippen LogP contribution is 2.28. The summed E-state index contributed by atoms with van der Waals surface area (Å²) in [5.74, 6) is 0.361. The van der Waals surface area contributed by atoms with Gasteiger partial charge in [-0.05, 0) is 30.9 Å². The van der Waals surface area contributed by atoms with Gasteiger partial charge in [-0.15, -0.1) is 0 Å². The van der Waals surface area contributed by atoms with Gasteiger partial charge in [0.2, 0.25) is 0 Å². The number of amides is 1. The van der Waals surface area contributed by atoms with Crippen LogP contribution in [0.25, 0.3) is 5.69 Å². The van der Waals surface area contributed by atoms with E-state index in [1.54, 1.807) is 29.0 Å². The summed E-state index contributed by atoms with van der Waals surface area (Å²) < 4.78 is 1.80. The molecule has 110 valence electrons. The third-order valence-corrected chi connectivity index (χ3v) is 3.98. The summed E-state index contributed by atoms with van der Waals surface area (Å²) >= 11 is 0. The van der Waals surface area contributed by atoms with Crippen LogP contribution >= 0.6 is 0 Å². The van der Waals surface area contributed by atoms with Crippen LogP contribution in [0.3, 0.4) is 0 Å². The number of aliphatic hydroxyl groups is 1. The van der Waals surface area contributed by atoms with Gasteiger partial charge in [-0.25, -0.2) is 4.98 Å². The van der Waals surface area contributed by atoms with Crippen LogP contribution in [-0.2, 0) is 0 Å². The monoisotopic (exact) mass is 285 g/mol. The zero-order chi connectivity index (χ0) is 14.8. The fourth-order valence-electron chi connectivity index (χ4n) is 2.76. The van der Waals surface area contributed by atoms with Crippen molar-refractivity contribution < 1.29 is 9.90 Å². The van der Waals surface area contributed by atoms with Gasteiger partial charge in [-0.1, -0.05) is 18.2 Å². The molecule has 1 aromatic carbocycles. The largest absolute Gasteiger partial charge is 0.393 e. The Kier molecular flexibility index (Phi) is 3.75. The summed E-state index contributed by atoms with van der Waals surface area (Å²) in [6.45, 7) is 0.676. The van der Waals surface area contributed by atoms with E-state index in [9.17, 15) is 9.90 Å². The van der Waals surface area contributed by atoms with Crippen molar-refractivity contribution in [2.75, 3.05) is 13.6 Å². The zero-order valence-electron chi connectivity index (χ0n) is 12.0. The molecule has 1 fully saturated rings. The average molecular weight is 285 g/mol. The Bertz CT molecular complexity index is 617. The first-order chi connectivity index (χ1) is 10.1. The molecule has 5 heteroatoms. The van der Waals surface area contributed by atoms with Gasteiger partial charge >= 0.3 is 0 Å². The molecular weight excluding hydrogens is 266 g/mol. The number of hydrogen-bond acceptors (Lipinski definition) is 3. The highest BCUT2D eigenvalue weighted by atomic mass is 16.3. The van der Waals surface area contributed by atoms with E-state index in [0.717, 1.165) is 18.5 Å². The van der Waals surface area contributed by atoms with Crippen LogP contribution in [0.2, 0.25) is 0 Å². The number of imidazole rings is 1. The Hall–Kier alpha value is -2.14. The maximum absolute atomic E-state index is 12.6. The Balaban J connectivity index is 1.75. The molecule has 0 aliphatic heterocycles. The van der Waals surface area contributed by atoms with Crippen molar-refractivity contribution >= 4 is 5.91 Å². The summed E-state index contributed by atoms with van der Waals surface area (Å²) in [6, 6.07) is 9.70. The third-order valence-electron chi connectivity index (χ3n) is 3.98. The Morgan fingerprint density at radius 2 is 2.10 bits per heavy atom. The first-order valence-electron chi connectivity index (χ1n) is 7.16. The second-order valence-electron chi connectivity index (χ2n) is 5.66. The summed E-state index contributed by atoms with van der Waals surface area (Å²) in [7, 11) is 1.80. The lowest BCUT2D eigenvalue weighted by atomic mass is 9.82. The number of aliphatic hydroxyl groups excluding tert-OH is 1. The third kappa shape index (κ3) is 2.83.